The molecule has 25 heavy (non-hydrogen) atoms. The number of rotatable bonds is 5. The van der Waals surface area contributed by atoms with Crippen molar-refractivity contribution in [1.29, 1.82) is 0 Å². The van der Waals surface area contributed by atoms with Crippen molar-refractivity contribution in [3.05, 3.63) is 29.8 Å². The van der Waals surface area contributed by atoms with E-state index < -0.39 is 15.7 Å². The maximum Gasteiger partial charge on any atom is 0.338 e. The Morgan fingerprint density at radius 1 is 1.00 bits per heavy atom. The van der Waals surface area contributed by atoms with Gasteiger partial charge in [-0.25, -0.2) is 4.79 Å². The van der Waals surface area contributed by atoms with Crippen LogP contribution in [0.4, 0.5) is 0 Å². The summed E-state index contributed by atoms with van der Waals surface area (Å²) in [5.74, 6) is 0.317. The maximum atomic E-state index is 12.0. The first-order valence-electron chi connectivity index (χ1n) is 8.40. The number of hydrogen-bond acceptors (Lipinski definition) is 6. The molecule has 6 nitrogen and oxygen atoms in total. The fourth-order valence-electron chi connectivity index (χ4n) is 2.69. The maximum absolute atomic E-state index is 12.0. The Kier molecular flexibility index (Phi) is 6.11. The van der Waals surface area contributed by atoms with Crippen molar-refractivity contribution >= 4 is 16.1 Å². The summed E-state index contributed by atoms with van der Waals surface area (Å²) in [7, 11) is -3.41. The van der Waals surface area contributed by atoms with Gasteiger partial charge in [0.05, 0.1) is 24.0 Å². The fourth-order valence-corrected chi connectivity index (χ4v) is 3.38. The lowest BCUT2D eigenvalue weighted by atomic mass is 9.95. The van der Waals surface area contributed by atoms with Gasteiger partial charge in [-0.1, -0.05) is 0 Å². The number of esters is 1. The highest BCUT2D eigenvalue weighted by molar-refractivity contribution is 7.86. The Labute approximate surface area is 149 Å². The third kappa shape index (κ3) is 7.04. The smallest absolute Gasteiger partial charge is 0.338 e. The van der Waals surface area contributed by atoms with Crippen LogP contribution >= 0.6 is 0 Å². The van der Waals surface area contributed by atoms with E-state index in [-0.39, 0.29) is 18.2 Å². The second kappa shape index (κ2) is 7.74. The lowest BCUT2D eigenvalue weighted by Crippen LogP contribution is -2.29. The topological polar surface area (TPSA) is 78.9 Å². The molecule has 0 amide bonds. The Bertz CT molecular complexity index is 679. The van der Waals surface area contributed by atoms with E-state index in [4.69, 9.17) is 13.7 Å². The van der Waals surface area contributed by atoms with Gasteiger partial charge in [-0.15, -0.1) is 0 Å². The molecule has 0 aromatic heterocycles. The van der Waals surface area contributed by atoms with Crippen LogP contribution in [0.5, 0.6) is 5.75 Å². The SMILES string of the molecule is CC(C)(C)OC(=O)c1ccc(OC2CCC(OS(C)(=O)=O)CC2)cc1. The number of ether oxygens (including phenoxy) is 2. The summed E-state index contributed by atoms with van der Waals surface area (Å²) in [5.41, 5.74) is -0.0496. The summed E-state index contributed by atoms with van der Waals surface area (Å²) in [6.45, 7) is 5.48. The summed E-state index contributed by atoms with van der Waals surface area (Å²) < 4.78 is 38.6. The van der Waals surface area contributed by atoms with Crippen molar-refractivity contribution in [2.75, 3.05) is 6.26 Å². The molecule has 140 valence electrons. The van der Waals surface area contributed by atoms with Crippen LogP contribution in [0, 0.1) is 0 Å². The molecule has 1 aliphatic carbocycles. The van der Waals surface area contributed by atoms with E-state index in [9.17, 15) is 13.2 Å². The molecule has 7 heteroatoms. The molecule has 1 aliphatic rings. The van der Waals surface area contributed by atoms with Gasteiger partial charge in [0.15, 0.2) is 0 Å². The van der Waals surface area contributed by atoms with Crippen molar-refractivity contribution < 1.29 is 26.9 Å². The zero-order valence-electron chi connectivity index (χ0n) is 15.2. The van der Waals surface area contributed by atoms with Crippen LogP contribution in [0.3, 0.4) is 0 Å². The molecule has 1 saturated carbocycles. The summed E-state index contributed by atoms with van der Waals surface area (Å²) in [4.78, 5) is 12.0. The molecule has 0 spiro atoms. The van der Waals surface area contributed by atoms with E-state index in [1.165, 1.54) is 0 Å². The third-order valence-electron chi connectivity index (χ3n) is 3.72. The Balaban J connectivity index is 1.85. The van der Waals surface area contributed by atoms with E-state index in [1.807, 2.05) is 20.8 Å². The molecule has 0 heterocycles. The highest BCUT2D eigenvalue weighted by Gasteiger charge is 2.25. The lowest BCUT2D eigenvalue weighted by Gasteiger charge is -2.28. The number of benzene rings is 1. The van der Waals surface area contributed by atoms with Crippen molar-refractivity contribution in [1.82, 2.24) is 0 Å². The predicted molar refractivity (Wildman–Crippen MR) is 94.2 cm³/mol. The van der Waals surface area contributed by atoms with Crippen LogP contribution in [-0.4, -0.2) is 38.5 Å². The molecule has 0 aliphatic heterocycles. The van der Waals surface area contributed by atoms with E-state index in [0.29, 0.717) is 24.2 Å². The van der Waals surface area contributed by atoms with E-state index >= 15 is 0 Å². The van der Waals surface area contributed by atoms with Gasteiger partial charge < -0.3 is 9.47 Å². The molecule has 0 saturated heterocycles. The highest BCUT2D eigenvalue weighted by Crippen LogP contribution is 2.26. The van der Waals surface area contributed by atoms with Gasteiger partial charge in [0.2, 0.25) is 0 Å². The first-order valence-corrected chi connectivity index (χ1v) is 10.2. The molecule has 2 rings (SSSR count). The molecule has 0 unspecified atom stereocenters. The molecule has 0 N–H and O–H groups in total. The number of carbonyl (C=O) groups excluding carboxylic acids is 1. The predicted octanol–water partition coefficient (Wildman–Crippen LogP) is 3.31. The zero-order chi connectivity index (χ0) is 18.7. The highest BCUT2D eigenvalue weighted by atomic mass is 32.2. The second-order valence-corrected chi connectivity index (χ2v) is 8.94. The quantitative estimate of drug-likeness (QED) is 0.584. The standard InChI is InChI=1S/C18H26O6S/c1-18(2,3)23-17(19)13-5-7-14(8-6-13)22-15-9-11-16(12-10-15)24-25(4,20)21/h5-8,15-16H,9-12H2,1-4H3. The fraction of sp³-hybridized carbons (Fsp3) is 0.611. The molecular weight excluding hydrogens is 344 g/mol. The van der Waals surface area contributed by atoms with Gasteiger partial charge in [0.25, 0.3) is 10.1 Å². The van der Waals surface area contributed by atoms with Gasteiger partial charge in [-0.2, -0.15) is 8.42 Å². The van der Waals surface area contributed by atoms with E-state index in [2.05, 4.69) is 0 Å². The van der Waals surface area contributed by atoms with Crippen LogP contribution < -0.4 is 4.74 Å². The molecule has 0 radical (unpaired) electrons. The minimum atomic E-state index is -3.41. The first kappa shape index (κ1) is 19.7. The second-order valence-electron chi connectivity index (χ2n) is 7.34. The third-order valence-corrected chi connectivity index (χ3v) is 4.35. The van der Waals surface area contributed by atoms with E-state index in [1.54, 1.807) is 24.3 Å². The van der Waals surface area contributed by atoms with Crippen LogP contribution in [0.1, 0.15) is 56.8 Å². The average Bonchev–Trinajstić information content (AvgIpc) is 2.47. The lowest BCUT2D eigenvalue weighted by molar-refractivity contribution is 0.00693. The van der Waals surface area contributed by atoms with Crippen molar-refractivity contribution in [3.8, 4) is 5.75 Å². The molecule has 1 aromatic rings. The number of hydrogen-bond donors (Lipinski definition) is 0. The van der Waals surface area contributed by atoms with Gasteiger partial charge >= 0.3 is 5.97 Å². The monoisotopic (exact) mass is 370 g/mol. The van der Waals surface area contributed by atoms with Crippen molar-refractivity contribution in [2.24, 2.45) is 0 Å². The minimum absolute atomic E-state index is 0.0202. The molecule has 0 bridgehead atoms. The summed E-state index contributed by atoms with van der Waals surface area (Å²) in [6, 6.07) is 6.86. The van der Waals surface area contributed by atoms with Crippen LogP contribution in [-0.2, 0) is 19.0 Å². The normalized spacial score (nSPS) is 21.6. The molecular formula is C18H26O6S. The number of carbonyl (C=O) groups is 1. The van der Waals surface area contributed by atoms with Crippen LogP contribution in [0.25, 0.3) is 0 Å². The van der Waals surface area contributed by atoms with Crippen molar-refractivity contribution in [3.63, 3.8) is 0 Å². The van der Waals surface area contributed by atoms with Gasteiger partial charge in [0.1, 0.15) is 11.4 Å². The Morgan fingerprint density at radius 3 is 2.00 bits per heavy atom. The van der Waals surface area contributed by atoms with Crippen LogP contribution in [0.15, 0.2) is 24.3 Å². The van der Waals surface area contributed by atoms with Gasteiger partial charge in [-0.3, -0.25) is 4.18 Å². The van der Waals surface area contributed by atoms with E-state index in [0.717, 1.165) is 19.1 Å². The Morgan fingerprint density at radius 2 is 1.52 bits per heavy atom. The first-order chi connectivity index (χ1) is 11.5. The van der Waals surface area contributed by atoms with Gasteiger partial charge in [-0.05, 0) is 70.7 Å². The Hall–Kier alpha value is -1.60. The summed E-state index contributed by atoms with van der Waals surface area (Å²) >= 11 is 0. The molecule has 0 atom stereocenters. The van der Waals surface area contributed by atoms with Gasteiger partial charge in [0, 0.05) is 0 Å². The van der Waals surface area contributed by atoms with Crippen LogP contribution in [0.2, 0.25) is 0 Å². The summed E-state index contributed by atoms with van der Waals surface area (Å²) in [5, 5.41) is 0. The molecule has 1 fully saturated rings. The zero-order valence-corrected chi connectivity index (χ0v) is 16.0. The summed E-state index contributed by atoms with van der Waals surface area (Å²) in [6.07, 6.45) is 3.59. The minimum Gasteiger partial charge on any atom is -0.490 e. The van der Waals surface area contributed by atoms with Crippen molar-refractivity contribution in [2.45, 2.75) is 64.3 Å². The molecule has 1 aromatic carbocycles. The largest absolute Gasteiger partial charge is 0.490 e. The average molecular weight is 370 g/mol.